The van der Waals surface area contributed by atoms with Gasteiger partial charge in [0.1, 0.15) is 11.5 Å². The summed E-state index contributed by atoms with van der Waals surface area (Å²) in [5.74, 6) is 1.27. The van der Waals surface area contributed by atoms with E-state index in [1.807, 2.05) is 24.0 Å². The van der Waals surface area contributed by atoms with Gasteiger partial charge in [-0.1, -0.05) is 6.92 Å². The quantitative estimate of drug-likeness (QED) is 0.668. The predicted molar refractivity (Wildman–Crippen MR) is 84.8 cm³/mol. The Hall–Kier alpha value is -1.27. The number of nitrogens with zero attached hydrogens (tertiary/aromatic N) is 1. The van der Waals surface area contributed by atoms with Crippen molar-refractivity contribution >= 4 is 21.9 Å². The molecule has 0 unspecified atom stereocenters. The van der Waals surface area contributed by atoms with Gasteiger partial charge >= 0.3 is 5.97 Å². The zero-order chi connectivity index (χ0) is 15.8. The summed E-state index contributed by atoms with van der Waals surface area (Å²) in [5.41, 5.74) is 0.962. The first kappa shape index (κ1) is 17.8. The number of ether oxygens (including phenoxy) is 3. The lowest BCUT2D eigenvalue weighted by Crippen LogP contribution is -2.30. The molecule has 0 heterocycles. The van der Waals surface area contributed by atoms with Crippen LogP contribution in [0.4, 0.5) is 0 Å². The summed E-state index contributed by atoms with van der Waals surface area (Å²) in [6.07, 6.45) is 0. The first-order chi connectivity index (χ1) is 10.0. The highest BCUT2D eigenvalue weighted by molar-refractivity contribution is 9.10. The summed E-state index contributed by atoms with van der Waals surface area (Å²) in [5, 5.41) is 0. The van der Waals surface area contributed by atoms with E-state index in [0.717, 1.165) is 28.1 Å². The Labute approximate surface area is 134 Å². The van der Waals surface area contributed by atoms with Crippen LogP contribution in [0.1, 0.15) is 19.4 Å². The number of methoxy groups -OCH3 is 2. The monoisotopic (exact) mass is 359 g/mol. The minimum absolute atomic E-state index is 0.220. The second-order valence-electron chi connectivity index (χ2n) is 4.41. The van der Waals surface area contributed by atoms with Crippen molar-refractivity contribution in [2.45, 2.75) is 20.4 Å². The van der Waals surface area contributed by atoms with Gasteiger partial charge in [0.2, 0.25) is 0 Å². The number of carbonyl (C=O) groups is 1. The van der Waals surface area contributed by atoms with E-state index in [2.05, 4.69) is 15.9 Å². The van der Waals surface area contributed by atoms with Gasteiger partial charge in [-0.25, -0.2) is 0 Å². The summed E-state index contributed by atoms with van der Waals surface area (Å²) in [6, 6.07) is 3.78. The van der Waals surface area contributed by atoms with Crippen molar-refractivity contribution in [1.29, 1.82) is 0 Å². The van der Waals surface area contributed by atoms with Crippen molar-refractivity contribution in [2.75, 3.05) is 33.9 Å². The molecule has 0 saturated carbocycles. The van der Waals surface area contributed by atoms with E-state index in [0.29, 0.717) is 13.2 Å². The van der Waals surface area contributed by atoms with Gasteiger partial charge in [0, 0.05) is 12.1 Å². The molecule has 1 aromatic carbocycles. The minimum Gasteiger partial charge on any atom is -0.496 e. The van der Waals surface area contributed by atoms with Crippen molar-refractivity contribution in [2.24, 2.45) is 0 Å². The Balaban J connectivity index is 2.90. The maximum absolute atomic E-state index is 11.6. The Morgan fingerprint density at radius 1 is 1.19 bits per heavy atom. The molecule has 1 aromatic rings. The lowest BCUT2D eigenvalue weighted by Gasteiger charge is -2.21. The number of hydrogen-bond donors (Lipinski definition) is 0. The van der Waals surface area contributed by atoms with Crippen molar-refractivity contribution in [3.63, 3.8) is 0 Å². The van der Waals surface area contributed by atoms with Crippen molar-refractivity contribution in [3.05, 3.63) is 22.2 Å². The van der Waals surface area contributed by atoms with E-state index in [9.17, 15) is 4.79 Å². The van der Waals surface area contributed by atoms with Crippen LogP contribution in [0.5, 0.6) is 11.5 Å². The van der Waals surface area contributed by atoms with Crippen LogP contribution < -0.4 is 9.47 Å². The third-order valence-electron chi connectivity index (χ3n) is 3.05. The largest absolute Gasteiger partial charge is 0.496 e. The molecular weight excluding hydrogens is 338 g/mol. The fourth-order valence-electron chi connectivity index (χ4n) is 1.96. The molecule has 0 aliphatic carbocycles. The highest BCUT2D eigenvalue weighted by Crippen LogP contribution is 2.33. The molecule has 21 heavy (non-hydrogen) atoms. The van der Waals surface area contributed by atoms with Gasteiger partial charge < -0.3 is 14.2 Å². The lowest BCUT2D eigenvalue weighted by molar-refractivity contribution is -0.144. The van der Waals surface area contributed by atoms with Gasteiger partial charge in [-0.05, 0) is 41.5 Å². The molecule has 0 fully saturated rings. The highest BCUT2D eigenvalue weighted by Gasteiger charge is 2.15. The predicted octanol–water partition coefficient (Wildman–Crippen LogP) is 2.85. The molecule has 0 spiro atoms. The fourth-order valence-corrected chi connectivity index (χ4v) is 2.44. The van der Waals surface area contributed by atoms with Crippen LogP contribution in [0.2, 0.25) is 0 Å². The third kappa shape index (κ3) is 5.21. The highest BCUT2D eigenvalue weighted by atomic mass is 79.9. The molecule has 118 valence electrons. The second-order valence-corrected chi connectivity index (χ2v) is 5.26. The van der Waals surface area contributed by atoms with Gasteiger partial charge in [0.15, 0.2) is 0 Å². The van der Waals surface area contributed by atoms with Crippen LogP contribution in [0, 0.1) is 0 Å². The summed E-state index contributed by atoms with van der Waals surface area (Å²) in [7, 11) is 3.24. The molecule has 1 rings (SSSR count). The summed E-state index contributed by atoms with van der Waals surface area (Å²) in [4.78, 5) is 13.6. The van der Waals surface area contributed by atoms with E-state index in [1.165, 1.54) is 0 Å². The zero-order valence-corrected chi connectivity index (χ0v) is 14.5. The van der Waals surface area contributed by atoms with Crippen LogP contribution in [0.25, 0.3) is 0 Å². The zero-order valence-electron chi connectivity index (χ0n) is 12.9. The standard InChI is InChI=1S/C15H22BrNO4/c1-5-17(10-15(18)21-6-2)9-11-7-14(20-4)12(16)8-13(11)19-3/h7-8H,5-6,9-10H2,1-4H3. The molecule has 0 N–H and O–H groups in total. The topological polar surface area (TPSA) is 48.0 Å². The summed E-state index contributed by atoms with van der Waals surface area (Å²) in [6.45, 7) is 5.78. The Bertz CT molecular complexity index is 479. The van der Waals surface area contributed by atoms with Crippen LogP contribution in [-0.4, -0.2) is 44.8 Å². The first-order valence-corrected chi connectivity index (χ1v) is 7.63. The SMILES string of the molecule is CCOC(=O)CN(CC)Cc1cc(OC)c(Br)cc1OC. The molecule has 5 nitrogen and oxygen atoms in total. The molecule has 0 radical (unpaired) electrons. The average Bonchev–Trinajstić information content (AvgIpc) is 2.47. The van der Waals surface area contributed by atoms with E-state index >= 15 is 0 Å². The van der Waals surface area contributed by atoms with Crippen molar-refractivity contribution in [3.8, 4) is 11.5 Å². The maximum atomic E-state index is 11.6. The van der Waals surface area contributed by atoms with E-state index in [4.69, 9.17) is 14.2 Å². The molecule has 0 aliphatic rings. The fraction of sp³-hybridized carbons (Fsp3) is 0.533. The molecule has 0 aliphatic heterocycles. The number of rotatable bonds is 8. The lowest BCUT2D eigenvalue weighted by atomic mass is 10.1. The number of hydrogen-bond acceptors (Lipinski definition) is 5. The average molecular weight is 360 g/mol. The van der Waals surface area contributed by atoms with Gasteiger partial charge in [0.05, 0.1) is 31.8 Å². The van der Waals surface area contributed by atoms with Crippen molar-refractivity contribution in [1.82, 2.24) is 4.90 Å². The Morgan fingerprint density at radius 2 is 1.86 bits per heavy atom. The smallest absolute Gasteiger partial charge is 0.320 e. The maximum Gasteiger partial charge on any atom is 0.320 e. The van der Waals surface area contributed by atoms with Crippen LogP contribution in [0.15, 0.2) is 16.6 Å². The molecule has 0 bridgehead atoms. The Morgan fingerprint density at radius 3 is 2.38 bits per heavy atom. The third-order valence-corrected chi connectivity index (χ3v) is 3.67. The summed E-state index contributed by atoms with van der Waals surface area (Å²) < 4.78 is 16.5. The van der Waals surface area contributed by atoms with Crippen LogP contribution in [0.3, 0.4) is 0 Å². The molecule has 0 aromatic heterocycles. The van der Waals surface area contributed by atoms with E-state index < -0.39 is 0 Å². The van der Waals surface area contributed by atoms with Gasteiger partial charge in [-0.2, -0.15) is 0 Å². The molecule has 0 atom stereocenters. The molecule has 0 amide bonds. The normalized spacial score (nSPS) is 10.6. The van der Waals surface area contributed by atoms with Crippen molar-refractivity contribution < 1.29 is 19.0 Å². The molecule has 6 heteroatoms. The van der Waals surface area contributed by atoms with Crippen LogP contribution in [-0.2, 0) is 16.1 Å². The first-order valence-electron chi connectivity index (χ1n) is 6.84. The van der Waals surface area contributed by atoms with Crippen LogP contribution >= 0.6 is 15.9 Å². The molecule has 0 saturated heterocycles. The summed E-state index contributed by atoms with van der Waals surface area (Å²) >= 11 is 3.43. The number of halogens is 1. The number of esters is 1. The van der Waals surface area contributed by atoms with E-state index in [-0.39, 0.29) is 12.5 Å². The number of likely N-dealkylation sites (N-methyl/N-ethyl adjacent to an activating group) is 1. The number of benzene rings is 1. The van der Waals surface area contributed by atoms with Gasteiger partial charge in [-0.15, -0.1) is 0 Å². The number of carbonyl (C=O) groups excluding carboxylic acids is 1. The Kier molecular flexibility index (Phi) is 7.53. The van der Waals surface area contributed by atoms with Gasteiger partial charge in [-0.3, -0.25) is 9.69 Å². The minimum atomic E-state index is -0.220. The molecular formula is C15H22BrNO4. The second kappa shape index (κ2) is 8.89. The van der Waals surface area contributed by atoms with E-state index in [1.54, 1.807) is 21.1 Å². The van der Waals surface area contributed by atoms with Gasteiger partial charge in [0.25, 0.3) is 0 Å².